The summed E-state index contributed by atoms with van der Waals surface area (Å²) >= 11 is 0. The van der Waals surface area contributed by atoms with Gasteiger partial charge in [0.05, 0.1) is 0 Å². The molecule has 0 aliphatic carbocycles. The van der Waals surface area contributed by atoms with Crippen molar-refractivity contribution in [2.45, 2.75) is 6.92 Å². The molecule has 1 aromatic rings. The first-order chi connectivity index (χ1) is 8.13. The smallest absolute Gasteiger partial charge is 0.422 e. The number of amides is 1. The summed E-state index contributed by atoms with van der Waals surface area (Å²) < 4.78 is 0. The van der Waals surface area contributed by atoms with Crippen molar-refractivity contribution in [2.75, 3.05) is 0 Å². The van der Waals surface area contributed by atoms with Gasteiger partial charge in [-0.25, -0.2) is 0 Å². The van der Waals surface area contributed by atoms with Gasteiger partial charge in [-0.1, -0.05) is 36.4 Å². The molecule has 4 nitrogen and oxygen atoms in total. The summed E-state index contributed by atoms with van der Waals surface area (Å²) in [6.07, 6.45) is 4.38. The van der Waals surface area contributed by atoms with Gasteiger partial charge in [0.25, 0.3) is 0 Å². The summed E-state index contributed by atoms with van der Waals surface area (Å²) in [7, 11) is -1.72. The van der Waals surface area contributed by atoms with Gasteiger partial charge in [0, 0.05) is 5.60 Å². The van der Waals surface area contributed by atoms with E-state index in [1.165, 1.54) is 12.2 Å². The second kappa shape index (κ2) is 6.68. The van der Waals surface area contributed by atoms with Crippen molar-refractivity contribution in [1.82, 2.24) is 5.32 Å². The molecule has 1 amide bonds. The lowest BCUT2D eigenvalue weighted by Gasteiger charge is -2.07. The zero-order valence-corrected chi connectivity index (χ0v) is 9.50. The van der Waals surface area contributed by atoms with Crippen molar-refractivity contribution in [3.63, 3.8) is 0 Å². The summed E-state index contributed by atoms with van der Waals surface area (Å²) in [5.41, 5.74) is 0.815. The molecule has 0 atom stereocenters. The third-order valence-electron chi connectivity index (χ3n) is 1.99. The number of carbonyl (C=O) groups excluding carboxylic acids is 1. The van der Waals surface area contributed by atoms with Crippen LogP contribution in [0.5, 0.6) is 0 Å². The van der Waals surface area contributed by atoms with Crippen LogP contribution in [-0.4, -0.2) is 23.1 Å². The van der Waals surface area contributed by atoms with Crippen LogP contribution in [0.25, 0.3) is 6.08 Å². The molecule has 3 N–H and O–H groups in total. The SMILES string of the molecule is CC=CC(=O)NC(=Cc1ccccc1)B(O)O. The summed E-state index contributed by atoms with van der Waals surface area (Å²) in [5, 5.41) is 20.7. The summed E-state index contributed by atoms with van der Waals surface area (Å²) in [6, 6.07) is 9.08. The van der Waals surface area contributed by atoms with Gasteiger partial charge in [-0.2, -0.15) is 0 Å². The minimum atomic E-state index is -1.72. The number of rotatable bonds is 4. The van der Waals surface area contributed by atoms with Gasteiger partial charge in [0.15, 0.2) is 0 Å². The molecule has 1 rings (SSSR count). The van der Waals surface area contributed by atoms with E-state index in [1.807, 2.05) is 18.2 Å². The fraction of sp³-hybridized carbons (Fsp3) is 0.0833. The maximum absolute atomic E-state index is 11.3. The van der Waals surface area contributed by atoms with Crippen LogP contribution < -0.4 is 5.32 Å². The molecule has 0 radical (unpaired) electrons. The van der Waals surface area contributed by atoms with Crippen LogP contribution in [0.1, 0.15) is 12.5 Å². The Morgan fingerprint density at radius 3 is 2.47 bits per heavy atom. The van der Waals surface area contributed by atoms with Crippen LogP contribution in [0, 0.1) is 0 Å². The van der Waals surface area contributed by atoms with Crippen molar-refractivity contribution in [3.8, 4) is 0 Å². The minimum Gasteiger partial charge on any atom is -0.422 e. The Hall–Kier alpha value is -1.85. The zero-order valence-electron chi connectivity index (χ0n) is 9.50. The quantitative estimate of drug-likeness (QED) is 0.528. The zero-order chi connectivity index (χ0) is 12.7. The average molecular weight is 231 g/mol. The highest BCUT2D eigenvalue weighted by Crippen LogP contribution is 2.05. The van der Waals surface area contributed by atoms with Crippen LogP contribution in [-0.2, 0) is 4.79 Å². The number of allylic oxidation sites excluding steroid dienone is 1. The van der Waals surface area contributed by atoms with Crippen LogP contribution in [0.4, 0.5) is 0 Å². The van der Waals surface area contributed by atoms with E-state index in [1.54, 1.807) is 25.1 Å². The molecule has 0 saturated heterocycles. The molecule has 17 heavy (non-hydrogen) atoms. The highest BCUT2D eigenvalue weighted by molar-refractivity contribution is 6.52. The Labute approximate surface area is 100 Å². The Morgan fingerprint density at radius 2 is 1.94 bits per heavy atom. The summed E-state index contributed by atoms with van der Waals surface area (Å²) in [6.45, 7) is 1.70. The second-order valence-corrected chi connectivity index (χ2v) is 3.37. The maximum atomic E-state index is 11.3. The molecule has 5 heteroatoms. The van der Waals surface area contributed by atoms with E-state index < -0.39 is 13.0 Å². The van der Waals surface area contributed by atoms with Crippen molar-refractivity contribution in [2.24, 2.45) is 0 Å². The van der Waals surface area contributed by atoms with Gasteiger partial charge in [0.2, 0.25) is 5.91 Å². The monoisotopic (exact) mass is 231 g/mol. The topological polar surface area (TPSA) is 69.6 Å². The lowest BCUT2D eigenvalue weighted by molar-refractivity contribution is -0.115. The van der Waals surface area contributed by atoms with E-state index in [2.05, 4.69) is 5.32 Å². The van der Waals surface area contributed by atoms with Crippen molar-refractivity contribution < 1.29 is 14.8 Å². The molecular weight excluding hydrogens is 217 g/mol. The van der Waals surface area contributed by atoms with E-state index in [-0.39, 0.29) is 5.60 Å². The lowest BCUT2D eigenvalue weighted by atomic mass is 9.84. The molecule has 0 aliphatic heterocycles. The van der Waals surface area contributed by atoms with E-state index >= 15 is 0 Å². The van der Waals surface area contributed by atoms with Gasteiger partial charge >= 0.3 is 7.12 Å². The largest absolute Gasteiger partial charge is 0.505 e. The second-order valence-electron chi connectivity index (χ2n) is 3.37. The number of nitrogens with one attached hydrogen (secondary N) is 1. The number of hydrogen-bond acceptors (Lipinski definition) is 3. The van der Waals surface area contributed by atoms with Crippen molar-refractivity contribution >= 4 is 19.1 Å². The van der Waals surface area contributed by atoms with Crippen molar-refractivity contribution in [1.29, 1.82) is 0 Å². The summed E-state index contributed by atoms with van der Waals surface area (Å²) in [5.74, 6) is -0.400. The van der Waals surface area contributed by atoms with Crippen LogP contribution in [0.3, 0.4) is 0 Å². The number of hydrogen-bond donors (Lipinski definition) is 3. The normalized spacial score (nSPS) is 11.6. The minimum absolute atomic E-state index is 0.0410. The highest BCUT2D eigenvalue weighted by atomic mass is 16.4. The molecule has 0 aliphatic rings. The molecule has 0 bridgehead atoms. The van der Waals surface area contributed by atoms with Gasteiger partial charge < -0.3 is 15.4 Å². The molecule has 0 unspecified atom stereocenters. The fourth-order valence-corrected chi connectivity index (χ4v) is 1.24. The van der Waals surface area contributed by atoms with E-state index in [9.17, 15) is 4.79 Å². The Kier molecular flexibility index (Phi) is 5.19. The first-order valence-corrected chi connectivity index (χ1v) is 5.20. The lowest BCUT2D eigenvalue weighted by Crippen LogP contribution is -2.31. The fourth-order valence-electron chi connectivity index (χ4n) is 1.24. The first kappa shape index (κ1) is 13.2. The molecule has 0 saturated carbocycles. The van der Waals surface area contributed by atoms with E-state index in [4.69, 9.17) is 10.0 Å². The van der Waals surface area contributed by atoms with E-state index in [0.717, 1.165) is 5.56 Å². The molecular formula is C12H14BNO3. The molecule has 0 fully saturated rings. The average Bonchev–Trinajstić information content (AvgIpc) is 2.29. The van der Waals surface area contributed by atoms with Gasteiger partial charge in [-0.15, -0.1) is 0 Å². The molecule has 0 heterocycles. The standard InChI is InChI=1S/C12H14BNO3/c1-2-6-12(15)14-11(13(16)17)9-10-7-4-3-5-8-10/h2-9,16-17H,1H3,(H,14,15). The number of carbonyl (C=O) groups is 1. The van der Waals surface area contributed by atoms with E-state index in [0.29, 0.717) is 0 Å². The first-order valence-electron chi connectivity index (χ1n) is 5.20. The third kappa shape index (κ3) is 4.67. The Morgan fingerprint density at radius 1 is 1.29 bits per heavy atom. The molecule has 0 aromatic heterocycles. The van der Waals surface area contributed by atoms with Crippen LogP contribution >= 0.6 is 0 Å². The Bertz CT molecular complexity index is 427. The molecule has 0 spiro atoms. The van der Waals surface area contributed by atoms with Crippen LogP contribution in [0.15, 0.2) is 48.1 Å². The molecule has 1 aromatic carbocycles. The maximum Gasteiger partial charge on any atom is 0.505 e. The van der Waals surface area contributed by atoms with Gasteiger partial charge in [-0.05, 0) is 24.6 Å². The Balaban J connectivity index is 2.86. The molecule has 88 valence electrons. The predicted octanol–water partition coefficient (Wildman–Crippen LogP) is 0.732. The van der Waals surface area contributed by atoms with Crippen molar-refractivity contribution in [3.05, 3.63) is 53.6 Å². The summed E-state index contributed by atoms with van der Waals surface area (Å²) in [4.78, 5) is 11.3. The highest BCUT2D eigenvalue weighted by Gasteiger charge is 2.16. The van der Waals surface area contributed by atoms with Gasteiger partial charge in [0.1, 0.15) is 0 Å². The van der Waals surface area contributed by atoms with Gasteiger partial charge in [-0.3, -0.25) is 4.79 Å². The predicted molar refractivity (Wildman–Crippen MR) is 67.6 cm³/mol. The van der Waals surface area contributed by atoms with Crippen LogP contribution in [0.2, 0.25) is 0 Å². The number of benzene rings is 1. The third-order valence-corrected chi connectivity index (χ3v) is 1.99.